The summed E-state index contributed by atoms with van der Waals surface area (Å²) in [5.74, 6) is 7.77. The second kappa shape index (κ2) is 8.20. The van der Waals surface area contributed by atoms with E-state index in [0.717, 1.165) is 47.3 Å². The zero-order valence-corrected chi connectivity index (χ0v) is 16.3. The third-order valence-electron chi connectivity index (χ3n) is 8.09. The first-order valence-corrected chi connectivity index (χ1v) is 10.5. The molecule has 130 valence electrons. The van der Waals surface area contributed by atoms with Gasteiger partial charge >= 0.3 is 0 Å². The van der Waals surface area contributed by atoms with E-state index in [1.165, 1.54) is 51.4 Å². The highest BCUT2D eigenvalue weighted by atomic mass is 14.4. The number of rotatable bonds is 5. The third kappa shape index (κ3) is 4.09. The van der Waals surface area contributed by atoms with E-state index in [2.05, 4.69) is 41.5 Å². The highest BCUT2D eigenvalue weighted by Gasteiger charge is 2.38. The first kappa shape index (κ1) is 18.3. The third-order valence-corrected chi connectivity index (χ3v) is 8.09. The zero-order chi connectivity index (χ0) is 16.3. The van der Waals surface area contributed by atoms with Crippen molar-refractivity contribution in [3.63, 3.8) is 0 Å². The first-order valence-electron chi connectivity index (χ1n) is 10.5. The molecule has 2 rings (SSSR count). The molecule has 0 saturated heterocycles. The van der Waals surface area contributed by atoms with E-state index in [4.69, 9.17) is 0 Å². The van der Waals surface area contributed by atoms with E-state index < -0.39 is 0 Å². The van der Waals surface area contributed by atoms with Crippen molar-refractivity contribution in [3.05, 3.63) is 0 Å². The summed E-state index contributed by atoms with van der Waals surface area (Å²) in [7, 11) is 0. The van der Waals surface area contributed by atoms with Crippen molar-refractivity contribution in [2.24, 2.45) is 47.3 Å². The fourth-order valence-corrected chi connectivity index (χ4v) is 5.82. The van der Waals surface area contributed by atoms with E-state index in [1.54, 1.807) is 0 Å². The maximum Gasteiger partial charge on any atom is -0.0358 e. The minimum Gasteiger partial charge on any atom is -0.0651 e. The van der Waals surface area contributed by atoms with Gasteiger partial charge in [-0.1, -0.05) is 73.6 Å². The Labute approximate surface area is 140 Å². The molecule has 0 heterocycles. The monoisotopic (exact) mass is 306 g/mol. The van der Waals surface area contributed by atoms with Gasteiger partial charge in [0.1, 0.15) is 0 Å². The molecule has 0 amide bonds. The van der Waals surface area contributed by atoms with Crippen molar-refractivity contribution in [2.45, 2.75) is 92.9 Å². The summed E-state index contributed by atoms with van der Waals surface area (Å²) in [5, 5.41) is 0. The molecule has 0 aromatic rings. The molecule has 2 saturated carbocycles. The molecular formula is C22H42. The molecule has 0 bridgehead atoms. The van der Waals surface area contributed by atoms with Gasteiger partial charge < -0.3 is 0 Å². The molecule has 0 aromatic carbocycles. The zero-order valence-electron chi connectivity index (χ0n) is 16.3. The minimum atomic E-state index is 0.913. The maximum absolute atomic E-state index is 2.60. The van der Waals surface area contributed by atoms with Crippen LogP contribution in [0.5, 0.6) is 0 Å². The van der Waals surface area contributed by atoms with Gasteiger partial charge in [-0.15, -0.1) is 0 Å². The van der Waals surface area contributed by atoms with Crippen molar-refractivity contribution in [1.29, 1.82) is 0 Å². The first-order chi connectivity index (χ1) is 10.5. The molecule has 0 spiro atoms. The molecule has 0 N–H and O–H groups in total. The van der Waals surface area contributed by atoms with Crippen LogP contribution in [0.3, 0.4) is 0 Å². The summed E-state index contributed by atoms with van der Waals surface area (Å²) in [6.07, 6.45) is 11.8. The lowest BCUT2D eigenvalue weighted by Gasteiger charge is -2.35. The second-order valence-corrected chi connectivity index (χ2v) is 9.18. The SMILES string of the molecule is CCC1CC(CC2CCCC2C)C(C)C(C)C(C(C)CC)C1. The molecule has 8 unspecified atom stereocenters. The van der Waals surface area contributed by atoms with E-state index in [1.807, 2.05) is 0 Å². The van der Waals surface area contributed by atoms with Crippen LogP contribution in [0.4, 0.5) is 0 Å². The van der Waals surface area contributed by atoms with Crippen LogP contribution in [0.25, 0.3) is 0 Å². The molecule has 2 fully saturated rings. The minimum absolute atomic E-state index is 0.913. The summed E-state index contributed by atoms with van der Waals surface area (Å²) < 4.78 is 0. The molecule has 0 radical (unpaired) electrons. The van der Waals surface area contributed by atoms with Gasteiger partial charge in [-0.05, 0) is 66.6 Å². The lowest BCUT2D eigenvalue weighted by atomic mass is 9.71. The highest BCUT2D eigenvalue weighted by Crippen LogP contribution is 2.47. The van der Waals surface area contributed by atoms with Crippen LogP contribution in [-0.2, 0) is 0 Å². The van der Waals surface area contributed by atoms with E-state index in [9.17, 15) is 0 Å². The van der Waals surface area contributed by atoms with Crippen molar-refractivity contribution >= 4 is 0 Å². The predicted octanol–water partition coefficient (Wildman–Crippen LogP) is 7.18. The van der Waals surface area contributed by atoms with E-state index in [-0.39, 0.29) is 0 Å². The Hall–Kier alpha value is 0. The molecule has 0 nitrogen and oxygen atoms in total. The van der Waals surface area contributed by atoms with Crippen LogP contribution in [0.2, 0.25) is 0 Å². The van der Waals surface area contributed by atoms with Gasteiger partial charge in [0.05, 0.1) is 0 Å². The standard InChI is InChI=1S/C22H42/c1-7-15(3)22-13-19(8-2)12-21(17(5)18(22)6)14-20-11-9-10-16(20)4/h15-22H,7-14H2,1-6H3. The van der Waals surface area contributed by atoms with Gasteiger partial charge in [0.2, 0.25) is 0 Å². The van der Waals surface area contributed by atoms with Gasteiger partial charge in [0.25, 0.3) is 0 Å². The quantitative estimate of drug-likeness (QED) is 0.472. The Morgan fingerprint density at radius 1 is 0.909 bits per heavy atom. The van der Waals surface area contributed by atoms with Crippen molar-refractivity contribution < 1.29 is 0 Å². The smallest absolute Gasteiger partial charge is 0.0358 e. The fourth-order valence-electron chi connectivity index (χ4n) is 5.82. The summed E-state index contributed by atoms with van der Waals surface area (Å²) in [6.45, 7) is 15.1. The predicted molar refractivity (Wildman–Crippen MR) is 98.9 cm³/mol. The Bertz CT molecular complexity index is 320. The Balaban J connectivity index is 2.09. The van der Waals surface area contributed by atoms with Gasteiger partial charge in [0, 0.05) is 0 Å². The van der Waals surface area contributed by atoms with E-state index >= 15 is 0 Å². The molecule has 8 atom stereocenters. The molecular weight excluding hydrogens is 264 g/mol. The molecule has 0 aliphatic heterocycles. The lowest BCUT2D eigenvalue weighted by Crippen LogP contribution is -2.27. The van der Waals surface area contributed by atoms with Crippen molar-refractivity contribution in [3.8, 4) is 0 Å². The Morgan fingerprint density at radius 2 is 1.64 bits per heavy atom. The second-order valence-electron chi connectivity index (χ2n) is 9.18. The van der Waals surface area contributed by atoms with Crippen LogP contribution in [0.1, 0.15) is 92.9 Å². The molecule has 2 aliphatic carbocycles. The maximum atomic E-state index is 2.60. The van der Waals surface area contributed by atoms with Gasteiger partial charge in [-0.25, -0.2) is 0 Å². The lowest BCUT2D eigenvalue weighted by molar-refractivity contribution is 0.146. The average molecular weight is 307 g/mol. The highest BCUT2D eigenvalue weighted by molar-refractivity contribution is 4.88. The van der Waals surface area contributed by atoms with Crippen molar-refractivity contribution in [1.82, 2.24) is 0 Å². The average Bonchev–Trinajstić information content (AvgIpc) is 2.87. The van der Waals surface area contributed by atoms with Crippen LogP contribution in [0, 0.1) is 47.3 Å². The van der Waals surface area contributed by atoms with Gasteiger partial charge in [0.15, 0.2) is 0 Å². The molecule has 2 aliphatic rings. The number of hydrogen-bond donors (Lipinski definition) is 0. The number of hydrogen-bond acceptors (Lipinski definition) is 0. The summed E-state index contributed by atoms with van der Waals surface area (Å²) >= 11 is 0. The molecule has 0 heteroatoms. The van der Waals surface area contributed by atoms with Crippen LogP contribution >= 0.6 is 0 Å². The Kier molecular flexibility index (Phi) is 6.84. The van der Waals surface area contributed by atoms with Crippen LogP contribution in [0.15, 0.2) is 0 Å². The Morgan fingerprint density at radius 3 is 2.18 bits per heavy atom. The van der Waals surface area contributed by atoms with Gasteiger partial charge in [-0.3, -0.25) is 0 Å². The molecule has 0 aromatic heterocycles. The van der Waals surface area contributed by atoms with Crippen LogP contribution < -0.4 is 0 Å². The fraction of sp³-hybridized carbons (Fsp3) is 1.00. The topological polar surface area (TPSA) is 0 Å². The molecule has 22 heavy (non-hydrogen) atoms. The summed E-state index contributed by atoms with van der Waals surface area (Å²) in [6, 6.07) is 0. The largest absolute Gasteiger partial charge is 0.0651 e. The van der Waals surface area contributed by atoms with Crippen LogP contribution in [-0.4, -0.2) is 0 Å². The van der Waals surface area contributed by atoms with Crippen molar-refractivity contribution in [2.75, 3.05) is 0 Å². The normalized spacial score (nSPS) is 44.7. The van der Waals surface area contributed by atoms with E-state index in [0.29, 0.717) is 0 Å². The summed E-state index contributed by atoms with van der Waals surface area (Å²) in [5.41, 5.74) is 0. The summed E-state index contributed by atoms with van der Waals surface area (Å²) in [4.78, 5) is 0. The van der Waals surface area contributed by atoms with Gasteiger partial charge in [-0.2, -0.15) is 0 Å².